The van der Waals surface area contributed by atoms with Gasteiger partial charge in [0, 0.05) is 136 Å². The van der Waals surface area contributed by atoms with Gasteiger partial charge in [0.05, 0.1) is 18.9 Å². The molecule has 4 fully saturated rings. The van der Waals surface area contributed by atoms with E-state index >= 15 is 0 Å². The summed E-state index contributed by atoms with van der Waals surface area (Å²) >= 11 is 0. The maximum atomic E-state index is 5.64. The van der Waals surface area contributed by atoms with Crippen LogP contribution in [0.2, 0.25) is 0 Å². The minimum absolute atomic E-state index is 0.561. The van der Waals surface area contributed by atoms with Gasteiger partial charge in [-0.05, 0) is 67.3 Å². The van der Waals surface area contributed by atoms with Crippen LogP contribution in [-0.2, 0) is 22.5 Å². The zero-order valence-corrected chi connectivity index (χ0v) is 33.1. The van der Waals surface area contributed by atoms with Crippen LogP contribution in [0.25, 0.3) is 0 Å². The molecule has 13 heteroatoms. The van der Waals surface area contributed by atoms with Gasteiger partial charge in [-0.15, -0.1) is 0 Å². The molecule has 0 aromatic carbocycles. The third-order valence-electron chi connectivity index (χ3n) is 10.5. The SMILES string of the molecule is CCN1CC(N2CCN(C)CC2)C1.Cc1cc(CCOCCCN2CCN(C)CC2)no1.Cc1cc(COCCCCN2CCN(C)CC2)no1. The van der Waals surface area contributed by atoms with Crippen molar-refractivity contribution in [2.75, 3.05) is 152 Å². The Morgan fingerprint density at radius 2 is 1.12 bits per heavy atom. The van der Waals surface area contributed by atoms with Crippen molar-refractivity contribution >= 4 is 0 Å². The first-order chi connectivity index (χ1) is 24.8. The van der Waals surface area contributed by atoms with Gasteiger partial charge in [0.15, 0.2) is 0 Å². The maximum Gasteiger partial charge on any atom is 0.134 e. The molecule has 51 heavy (non-hydrogen) atoms. The number of likely N-dealkylation sites (N-methyl/N-ethyl adjacent to an activating group) is 4. The van der Waals surface area contributed by atoms with E-state index in [1.807, 2.05) is 26.0 Å². The molecule has 2 aromatic rings. The molecule has 4 saturated heterocycles. The Morgan fingerprint density at radius 3 is 1.65 bits per heavy atom. The molecule has 4 aliphatic heterocycles. The minimum atomic E-state index is 0.561. The molecule has 292 valence electrons. The Labute approximate surface area is 309 Å². The molecule has 0 N–H and O–H groups in total. The average Bonchev–Trinajstić information content (AvgIpc) is 3.73. The molecular formula is C38H71N9O4. The van der Waals surface area contributed by atoms with Crippen molar-refractivity contribution in [3.63, 3.8) is 0 Å². The summed E-state index contributed by atoms with van der Waals surface area (Å²) in [5.74, 6) is 1.71. The van der Waals surface area contributed by atoms with Crippen LogP contribution in [0.5, 0.6) is 0 Å². The van der Waals surface area contributed by atoms with Gasteiger partial charge >= 0.3 is 0 Å². The van der Waals surface area contributed by atoms with E-state index < -0.39 is 0 Å². The molecule has 0 atom stereocenters. The molecule has 0 aliphatic carbocycles. The summed E-state index contributed by atoms with van der Waals surface area (Å²) in [6.45, 7) is 29.8. The van der Waals surface area contributed by atoms with Gasteiger partial charge in [0.25, 0.3) is 0 Å². The molecule has 2 aromatic heterocycles. The highest BCUT2D eigenvalue weighted by molar-refractivity contribution is 5.03. The van der Waals surface area contributed by atoms with Crippen molar-refractivity contribution in [2.45, 2.75) is 59.1 Å². The Balaban J connectivity index is 0.000000175. The van der Waals surface area contributed by atoms with Gasteiger partial charge in [-0.1, -0.05) is 17.2 Å². The van der Waals surface area contributed by atoms with Gasteiger partial charge < -0.3 is 47.9 Å². The average molecular weight is 718 g/mol. The monoisotopic (exact) mass is 718 g/mol. The van der Waals surface area contributed by atoms with Gasteiger partial charge in [-0.3, -0.25) is 4.90 Å². The molecule has 0 unspecified atom stereocenters. The number of hydrogen-bond acceptors (Lipinski definition) is 13. The third-order valence-corrected chi connectivity index (χ3v) is 10.5. The van der Waals surface area contributed by atoms with E-state index in [2.05, 4.69) is 72.7 Å². The van der Waals surface area contributed by atoms with Gasteiger partial charge in [-0.2, -0.15) is 0 Å². The summed E-state index contributed by atoms with van der Waals surface area (Å²) in [6, 6.07) is 4.76. The quantitative estimate of drug-likeness (QED) is 0.239. The van der Waals surface area contributed by atoms with Crippen LogP contribution in [-0.4, -0.2) is 203 Å². The Hall–Kier alpha value is -1.94. The van der Waals surface area contributed by atoms with Crippen molar-refractivity contribution in [1.82, 2.24) is 44.6 Å². The van der Waals surface area contributed by atoms with E-state index in [9.17, 15) is 0 Å². The maximum absolute atomic E-state index is 5.64. The lowest BCUT2D eigenvalue weighted by Crippen LogP contribution is -2.62. The molecule has 0 bridgehead atoms. The summed E-state index contributed by atoms with van der Waals surface area (Å²) in [5.41, 5.74) is 1.87. The van der Waals surface area contributed by atoms with Crippen LogP contribution >= 0.6 is 0 Å². The zero-order chi connectivity index (χ0) is 36.3. The Kier molecular flexibility index (Phi) is 19.4. The molecule has 6 rings (SSSR count). The highest BCUT2D eigenvalue weighted by atomic mass is 16.5. The Morgan fingerprint density at radius 1 is 0.608 bits per heavy atom. The lowest BCUT2D eigenvalue weighted by atomic mass is 10.1. The van der Waals surface area contributed by atoms with Crippen molar-refractivity contribution in [3.05, 3.63) is 35.0 Å². The van der Waals surface area contributed by atoms with Crippen LogP contribution < -0.4 is 0 Å². The van der Waals surface area contributed by atoms with E-state index in [1.54, 1.807) is 0 Å². The van der Waals surface area contributed by atoms with E-state index in [4.69, 9.17) is 18.5 Å². The fourth-order valence-corrected chi connectivity index (χ4v) is 6.77. The van der Waals surface area contributed by atoms with Crippen molar-refractivity contribution < 1.29 is 18.5 Å². The number of piperazine rings is 3. The number of ether oxygens (including phenoxy) is 2. The molecule has 0 amide bonds. The number of rotatable bonds is 16. The first kappa shape index (κ1) is 41.8. The largest absolute Gasteiger partial charge is 0.381 e. The second-order valence-electron chi connectivity index (χ2n) is 15.0. The first-order valence-electron chi connectivity index (χ1n) is 19.7. The van der Waals surface area contributed by atoms with Crippen LogP contribution in [0.4, 0.5) is 0 Å². The molecular weight excluding hydrogens is 646 g/mol. The molecule has 0 spiro atoms. The lowest BCUT2D eigenvalue weighted by Gasteiger charge is -2.47. The van der Waals surface area contributed by atoms with Gasteiger partial charge in [0.2, 0.25) is 0 Å². The van der Waals surface area contributed by atoms with Crippen LogP contribution in [0, 0.1) is 13.8 Å². The van der Waals surface area contributed by atoms with Crippen molar-refractivity contribution in [2.24, 2.45) is 0 Å². The fourth-order valence-electron chi connectivity index (χ4n) is 6.77. The summed E-state index contributed by atoms with van der Waals surface area (Å²) in [5, 5.41) is 7.85. The second-order valence-corrected chi connectivity index (χ2v) is 15.0. The van der Waals surface area contributed by atoms with Gasteiger partial charge in [0.1, 0.15) is 17.2 Å². The third kappa shape index (κ3) is 16.7. The van der Waals surface area contributed by atoms with E-state index in [0.717, 1.165) is 74.6 Å². The number of aromatic nitrogens is 2. The van der Waals surface area contributed by atoms with E-state index in [0.29, 0.717) is 6.61 Å². The summed E-state index contributed by atoms with van der Waals surface area (Å²) in [4.78, 5) is 17.4. The standard InChI is InChI=1S/2C14H25N3O2.C10H21N3/c1-13-12-14(15-19-13)4-11-18-10-3-5-17-8-6-16(2)7-9-17;1-13-11-14(15-19-13)12-18-10-4-3-5-17-8-6-16(2)7-9-17;1-3-12-8-10(9-12)13-6-4-11(2)5-7-13/h12H,3-11H2,1-2H3;11H,3-10,12H2,1-2H3;10H,3-9H2,1-2H3. The topological polar surface area (TPSA) is 93.2 Å². The van der Waals surface area contributed by atoms with Gasteiger partial charge in [-0.25, -0.2) is 0 Å². The predicted octanol–water partition coefficient (Wildman–Crippen LogP) is 2.64. The summed E-state index contributed by atoms with van der Waals surface area (Å²) in [7, 11) is 6.60. The second kappa shape index (κ2) is 23.7. The summed E-state index contributed by atoms with van der Waals surface area (Å²) in [6.07, 6.45) is 4.28. The Bertz CT molecular complexity index is 1080. The number of likely N-dealkylation sites (tertiary alicyclic amines) is 1. The smallest absolute Gasteiger partial charge is 0.134 e. The minimum Gasteiger partial charge on any atom is -0.381 e. The zero-order valence-electron chi connectivity index (χ0n) is 33.1. The number of nitrogens with zero attached hydrogens (tertiary/aromatic N) is 9. The lowest BCUT2D eigenvalue weighted by molar-refractivity contribution is 0.0125. The molecule has 0 saturated carbocycles. The van der Waals surface area contributed by atoms with E-state index in [-0.39, 0.29) is 0 Å². The molecule has 13 nitrogen and oxygen atoms in total. The number of hydrogen-bond donors (Lipinski definition) is 0. The van der Waals surface area contributed by atoms with Crippen molar-refractivity contribution in [3.8, 4) is 0 Å². The predicted molar refractivity (Wildman–Crippen MR) is 203 cm³/mol. The van der Waals surface area contributed by atoms with Crippen LogP contribution in [0.1, 0.15) is 49.1 Å². The van der Waals surface area contributed by atoms with Crippen LogP contribution in [0.15, 0.2) is 21.2 Å². The normalized spacial score (nSPS) is 20.8. The molecule has 4 aliphatic rings. The van der Waals surface area contributed by atoms with E-state index in [1.165, 1.54) is 111 Å². The van der Waals surface area contributed by atoms with Crippen LogP contribution in [0.3, 0.4) is 0 Å². The molecule has 6 heterocycles. The fraction of sp³-hybridized carbons (Fsp3) is 0.842. The molecule has 0 radical (unpaired) electrons. The summed E-state index contributed by atoms with van der Waals surface area (Å²) < 4.78 is 21.2. The number of unbranched alkanes of at least 4 members (excludes halogenated alkanes) is 1. The number of aryl methyl sites for hydroxylation is 2. The first-order valence-corrected chi connectivity index (χ1v) is 19.7. The van der Waals surface area contributed by atoms with Crippen molar-refractivity contribution in [1.29, 1.82) is 0 Å². The highest BCUT2D eigenvalue weighted by Gasteiger charge is 2.31. The highest BCUT2D eigenvalue weighted by Crippen LogP contribution is 2.15.